The van der Waals surface area contributed by atoms with Crippen molar-refractivity contribution in [2.24, 2.45) is 0 Å². The first-order valence-corrected chi connectivity index (χ1v) is 5.96. The lowest BCUT2D eigenvalue weighted by atomic mass is 10.0. The van der Waals surface area contributed by atoms with Crippen molar-refractivity contribution in [3.05, 3.63) is 24.3 Å². The predicted octanol–water partition coefficient (Wildman–Crippen LogP) is 3.11. The highest BCUT2D eigenvalue weighted by molar-refractivity contribution is 7.11. The number of anilines is 1. The monoisotopic (exact) mass is 290 g/mol. The molecule has 0 aliphatic heterocycles. The van der Waals surface area contributed by atoms with Gasteiger partial charge in [-0.2, -0.15) is 17.5 Å². The fourth-order valence-electron chi connectivity index (χ4n) is 1.45. The lowest BCUT2D eigenvalue weighted by Crippen LogP contribution is -2.55. The first-order valence-electron chi connectivity index (χ1n) is 5.18. The number of carbonyl (C=O) groups is 1. The van der Waals surface area contributed by atoms with Crippen molar-refractivity contribution < 1.29 is 23.1 Å². The van der Waals surface area contributed by atoms with Crippen LogP contribution in [0.5, 0.6) is 0 Å². The summed E-state index contributed by atoms with van der Waals surface area (Å²) in [4.78, 5) is 10.9. The van der Waals surface area contributed by atoms with Gasteiger partial charge in [-0.25, -0.2) is 4.79 Å². The number of alkyl halides is 3. The Morgan fingerprint density at radius 1 is 1.37 bits per heavy atom. The Labute approximate surface area is 110 Å². The molecule has 102 valence electrons. The lowest BCUT2D eigenvalue weighted by Gasteiger charge is -2.28. The first-order chi connectivity index (χ1) is 8.75. The van der Waals surface area contributed by atoms with Gasteiger partial charge in [0, 0.05) is 5.39 Å². The number of hydrogen-bond donors (Lipinski definition) is 2. The highest BCUT2D eigenvalue weighted by Crippen LogP contribution is 2.37. The quantitative estimate of drug-likeness (QED) is 0.911. The number of halogens is 3. The minimum Gasteiger partial charge on any atom is -0.479 e. The largest absolute Gasteiger partial charge is 0.479 e. The van der Waals surface area contributed by atoms with Gasteiger partial charge < -0.3 is 10.4 Å². The normalized spacial score (nSPS) is 15.2. The van der Waals surface area contributed by atoms with Gasteiger partial charge >= 0.3 is 12.1 Å². The number of fused-ring (bicyclic) bond motifs is 1. The summed E-state index contributed by atoms with van der Waals surface area (Å²) >= 11 is 0.799. The number of carboxylic acids is 1. The maximum Gasteiger partial charge on any atom is 0.422 e. The van der Waals surface area contributed by atoms with Crippen LogP contribution in [0.15, 0.2) is 24.3 Å². The Kier molecular flexibility index (Phi) is 3.13. The number of aromatic nitrogens is 1. The van der Waals surface area contributed by atoms with Crippen LogP contribution < -0.4 is 5.32 Å². The molecule has 0 bridgehead atoms. The van der Waals surface area contributed by atoms with Crippen molar-refractivity contribution in [3.63, 3.8) is 0 Å². The SMILES string of the molecule is CC(Nc1snc2ccccc12)(C(=O)O)C(F)(F)F. The molecular formula is C11H9F3N2O2S. The van der Waals surface area contributed by atoms with Crippen LogP contribution in [0, 0.1) is 0 Å². The minimum atomic E-state index is -4.93. The lowest BCUT2D eigenvalue weighted by molar-refractivity contribution is -0.192. The standard InChI is InChI=1S/C11H9F3N2O2S/c1-10(9(17)18,11(12,13)14)15-8-6-4-2-3-5-7(6)16-19-8/h2-5,15H,1H3,(H,17,18). The summed E-state index contributed by atoms with van der Waals surface area (Å²) in [5, 5.41) is 11.4. The van der Waals surface area contributed by atoms with Crippen LogP contribution in [0.3, 0.4) is 0 Å². The van der Waals surface area contributed by atoms with Crippen molar-refractivity contribution in [1.29, 1.82) is 0 Å². The van der Waals surface area contributed by atoms with Gasteiger partial charge in [-0.1, -0.05) is 12.1 Å². The van der Waals surface area contributed by atoms with Gasteiger partial charge in [-0.15, -0.1) is 0 Å². The van der Waals surface area contributed by atoms with Crippen LogP contribution in [-0.2, 0) is 4.79 Å². The summed E-state index contributed by atoms with van der Waals surface area (Å²) in [6.07, 6.45) is -4.93. The van der Waals surface area contributed by atoms with Gasteiger partial charge in [0.05, 0.1) is 5.52 Å². The molecule has 0 radical (unpaired) electrons. The molecule has 8 heteroatoms. The summed E-state index contributed by atoms with van der Waals surface area (Å²) in [7, 11) is 0. The Balaban J connectivity index is 2.46. The molecule has 0 amide bonds. The predicted molar refractivity (Wildman–Crippen MR) is 65.3 cm³/mol. The molecule has 1 atom stereocenters. The second kappa shape index (κ2) is 4.37. The van der Waals surface area contributed by atoms with Gasteiger partial charge in [-0.05, 0) is 30.6 Å². The molecule has 0 aliphatic carbocycles. The van der Waals surface area contributed by atoms with E-state index in [-0.39, 0.29) is 5.00 Å². The number of nitrogens with zero attached hydrogens (tertiary/aromatic N) is 1. The fraction of sp³-hybridized carbons (Fsp3) is 0.273. The van der Waals surface area contributed by atoms with Crippen LogP contribution >= 0.6 is 11.5 Å². The Morgan fingerprint density at radius 2 is 2.00 bits per heavy atom. The van der Waals surface area contributed by atoms with Crippen LogP contribution in [0.2, 0.25) is 0 Å². The molecule has 2 rings (SSSR count). The zero-order valence-electron chi connectivity index (χ0n) is 9.65. The van der Waals surface area contributed by atoms with Crippen LogP contribution in [0.4, 0.5) is 18.2 Å². The third kappa shape index (κ3) is 2.23. The molecule has 0 aliphatic rings. The second-order valence-electron chi connectivity index (χ2n) is 4.08. The molecule has 0 saturated heterocycles. The molecule has 1 unspecified atom stereocenters. The minimum absolute atomic E-state index is 0.0813. The summed E-state index contributed by atoms with van der Waals surface area (Å²) in [6.45, 7) is 0.587. The molecule has 0 saturated carbocycles. The third-order valence-electron chi connectivity index (χ3n) is 2.74. The number of carboxylic acid groups (broad SMARTS) is 1. The molecule has 2 aromatic rings. The average Bonchev–Trinajstić information content (AvgIpc) is 2.71. The van der Waals surface area contributed by atoms with Crippen molar-refractivity contribution in [1.82, 2.24) is 4.37 Å². The van der Waals surface area contributed by atoms with Gasteiger partial charge in [-0.3, -0.25) is 0 Å². The van der Waals surface area contributed by atoms with E-state index in [1.165, 1.54) is 0 Å². The van der Waals surface area contributed by atoms with E-state index in [0.717, 1.165) is 11.5 Å². The molecule has 19 heavy (non-hydrogen) atoms. The molecule has 0 fully saturated rings. The van der Waals surface area contributed by atoms with E-state index >= 15 is 0 Å². The van der Waals surface area contributed by atoms with Crippen molar-refractivity contribution >= 4 is 33.4 Å². The Morgan fingerprint density at radius 3 is 2.58 bits per heavy atom. The zero-order valence-corrected chi connectivity index (χ0v) is 10.5. The van der Waals surface area contributed by atoms with Gasteiger partial charge in [0.1, 0.15) is 5.00 Å². The van der Waals surface area contributed by atoms with E-state index in [1.807, 2.05) is 5.32 Å². The van der Waals surface area contributed by atoms with E-state index in [1.54, 1.807) is 24.3 Å². The number of rotatable bonds is 3. The van der Waals surface area contributed by atoms with Crippen LogP contribution in [0.25, 0.3) is 10.9 Å². The number of nitrogens with one attached hydrogen (secondary N) is 1. The summed E-state index contributed by atoms with van der Waals surface area (Å²) in [6, 6.07) is 6.57. The van der Waals surface area contributed by atoms with Gasteiger partial charge in [0.25, 0.3) is 0 Å². The average molecular weight is 290 g/mol. The van der Waals surface area contributed by atoms with E-state index in [0.29, 0.717) is 17.8 Å². The van der Waals surface area contributed by atoms with E-state index in [9.17, 15) is 18.0 Å². The second-order valence-corrected chi connectivity index (χ2v) is 4.86. The molecule has 4 nitrogen and oxygen atoms in total. The van der Waals surface area contributed by atoms with E-state index in [2.05, 4.69) is 4.37 Å². The summed E-state index contributed by atoms with van der Waals surface area (Å²) in [5.41, 5.74) is -2.53. The first kappa shape index (κ1) is 13.6. The topological polar surface area (TPSA) is 62.2 Å². The van der Waals surface area contributed by atoms with Crippen LogP contribution in [-0.4, -0.2) is 27.2 Å². The number of aliphatic carboxylic acids is 1. The summed E-state index contributed by atoms with van der Waals surface area (Å²) < 4.78 is 42.6. The molecule has 1 aromatic heterocycles. The van der Waals surface area contributed by atoms with Crippen molar-refractivity contribution in [2.75, 3.05) is 5.32 Å². The molecule has 2 N–H and O–H groups in total. The van der Waals surface area contributed by atoms with E-state index < -0.39 is 17.7 Å². The molecule has 1 heterocycles. The molecule has 0 spiro atoms. The maximum absolute atomic E-state index is 12.9. The van der Waals surface area contributed by atoms with E-state index in [4.69, 9.17) is 5.11 Å². The van der Waals surface area contributed by atoms with Crippen molar-refractivity contribution in [3.8, 4) is 0 Å². The Bertz CT molecular complexity index is 626. The van der Waals surface area contributed by atoms with Gasteiger partial charge in [0.15, 0.2) is 0 Å². The highest BCUT2D eigenvalue weighted by atomic mass is 32.1. The van der Waals surface area contributed by atoms with Crippen molar-refractivity contribution in [2.45, 2.75) is 18.6 Å². The molecule has 1 aromatic carbocycles. The number of benzene rings is 1. The maximum atomic E-state index is 12.9. The van der Waals surface area contributed by atoms with Crippen LogP contribution in [0.1, 0.15) is 6.92 Å². The zero-order chi connectivity index (χ0) is 14.3. The Hall–Kier alpha value is -1.83. The fourth-order valence-corrected chi connectivity index (χ4v) is 2.32. The summed E-state index contributed by atoms with van der Waals surface area (Å²) in [5.74, 6) is -1.99. The highest BCUT2D eigenvalue weighted by Gasteiger charge is 2.58. The third-order valence-corrected chi connectivity index (χ3v) is 3.53. The number of hydrogen-bond acceptors (Lipinski definition) is 4. The smallest absolute Gasteiger partial charge is 0.422 e. The van der Waals surface area contributed by atoms with Gasteiger partial charge in [0.2, 0.25) is 5.54 Å². The molecular weight excluding hydrogens is 281 g/mol.